The Morgan fingerprint density at radius 3 is 2.55 bits per heavy atom. The van der Waals surface area contributed by atoms with E-state index in [1.807, 2.05) is 38.1 Å². The molecule has 1 aromatic carbocycles. The second-order valence-corrected chi connectivity index (χ2v) is 10.1. The third-order valence-electron chi connectivity index (χ3n) is 7.09. The Morgan fingerprint density at radius 1 is 1.18 bits per heavy atom. The lowest BCUT2D eigenvalue weighted by Crippen LogP contribution is -2.26. The fourth-order valence-corrected chi connectivity index (χ4v) is 5.02. The summed E-state index contributed by atoms with van der Waals surface area (Å²) in [4.78, 5) is 9.65. The van der Waals surface area contributed by atoms with Crippen LogP contribution in [-0.4, -0.2) is 40.4 Å². The maximum atomic E-state index is 13.7. The van der Waals surface area contributed by atoms with Crippen LogP contribution in [0.5, 0.6) is 0 Å². The lowest BCUT2D eigenvalue weighted by Gasteiger charge is -2.17. The van der Waals surface area contributed by atoms with Crippen molar-refractivity contribution < 1.29 is 13.2 Å². The molecule has 0 atom stereocenters. The van der Waals surface area contributed by atoms with Gasteiger partial charge in [0.15, 0.2) is 0 Å². The highest BCUT2D eigenvalue weighted by Gasteiger charge is 2.37. The molecule has 0 unspecified atom stereocenters. The van der Waals surface area contributed by atoms with Crippen LogP contribution in [0.4, 0.5) is 19.0 Å². The maximum absolute atomic E-state index is 13.7. The van der Waals surface area contributed by atoms with Gasteiger partial charge in [0.25, 0.3) is 5.92 Å². The van der Waals surface area contributed by atoms with Gasteiger partial charge in [0, 0.05) is 60.2 Å². The first-order valence-corrected chi connectivity index (χ1v) is 13.2. The van der Waals surface area contributed by atoms with Gasteiger partial charge in [-0.1, -0.05) is 55.7 Å². The number of likely N-dealkylation sites (tertiary alicyclic amines) is 1. The third kappa shape index (κ3) is 6.90. The molecule has 3 N–H and O–H groups in total. The summed E-state index contributed by atoms with van der Waals surface area (Å²) in [5.41, 5.74) is 14.5. The van der Waals surface area contributed by atoms with Gasteiger partial charge in [-0.15, -0.1) is 0 Å². The quantitative estimate of drug-likeness (QED) is 0.260. The molecular weight excluding hydrogens is 509 g/mol. The number of nitrogens with zero attached hydrogens (tertiary/aromatic N) is 2. The lowest BCUT2D eigenvalue weighted by atomic mass is 9.97. The second kappa shape index (κ2) is 12.4. The number of benzene rings is 1. The number of anilines is 1. The molecule has 1 aliphatic heterocycles. The number of nitrogens with one attached hydrogen (secondary N) is 1. The van der Waals surface area contributed by atoms with E-state index < -0.39 is 5.92 Å². The van der Waals surface area contributed by atoms with Gasteiger partial charge >= 0.3 is 0 Å². The van der Waals surface area contributed by atoms with Crippen molar-refractivity contribution in [2.75, 3.05) is 25.4 Å². The van der Waals surface area contributed by atoms with E-state index in [4.69, 9.17) is 5.73 Å². The fraction of sp³-hybridized carbons (Fsp3) is 0.242. The Balaban J connectivity index is 1.58. The van der Waals surface area contributed by atoms with Gasteiger partial charge in [-0.2, -0.15) is 0 Å². The van der Waals surface area contributed by atoms with Crippen LogP contribution >= 0.6 is 0 Å². The first kappa shape index (κ1) is 28.9. The minimum absolute atomic E-state index is 0.117. The van der Waals surface area contributed by atoms with Crippen molar-refractivity contribution >= 4 is 17.0 Å². The smallest absolute Gasteiger partial charge is 0.261 e. The van der Waals surface area contributed by atoms with E-state index in [1.54, 1.807) is 35.4 Å². The van der Waals surface area contributed by atoms with Crippen molar-refractivity contribution in [1.82, 2.24) is 14.9 Å². The molecular formula is C33H35F3N4. The number of nitrogen functional groups attached to an aromatic ring is 1. The number of H-pyrrole nitrogens is 1. The molecule has 7 heteroatoms. The van der Waals surface area contributed by atoms with E-state index >= 15 is 0 Å². The Morgan fingerprint density at radius 2 is 1.93 bits per heavy atom. The van der Waals surface area contributed by atoms with Crippen LogP contribution in [0.2, 0.25) is 0 Å². The van der Waals surface area contributed by atoms with Crippen LogP contribution < -0.4 is 5.73 Å². The van der Waals surface area contributed by atoms with E-state index in [2.05, 4.69) is 29.2 Å². The van der Waals surface area contributed by atoms with Crippen molar-refractivity contribution in [2.45, 2.75) is 32.6 Å². The Hall–Kier alpha value is -4.10. The lowest BCUT2D eigenvalue weighted by molar-refractivity contribution is 0.0131. The fourth-order valence-electron chi connectivity index (χ4n) is 5.02. The molecule has 0 radical (unpaired) electrons. The van der Waals surface area contributed by atoms with Gasteiger partial charge in [-0.3, -0.25) is 4.90 Å². The number of halogens is 3. The highest BCUT2D eigenvalue weighted by Crippen LogP contribution is 2.30. The van der Waals surface area contributed by atoms with Crippen molar-refractivity contribution in [1.29, 1.82) is 0 Å². The molecule has 0 spiro atoms. The van der Waals surface area contributed by atoms with Crippen LogP contribution in [0.1, 0.15) is 47.0 Å². The normalized spacial score (nSPS) is 16.4. The molecule has 0 amide bonds. The molecule has 2 aromatic heterocycles. The monoisotopic (exact) mass is 544 g/mol. The molecule has 0 bridgehead atoms. The number of aromatic amines is 1. The molecule has 1 fully saturated rings. The minimum atomic E-state index is -2.64. The zero-order valence-electron chi connectivity index (χ0n) is 23.0. The second-order valence-electron chi connectivity index (χ2n) is 10.1. The van der Waals surface area contributed by atoms with Gasteiger partial charge in [0.2, 0.25) is 0 Å². The molecule has 1 saturated heterocycles. The average Bonchev–Trinajstić information content (AvgIpc) is 3.47. The maximum Gasteiger partial charge on any atom is 0.261 e. The summed E-state index contributed by atoms with van der Waals surface area (Å²) in [5, 5.41) is 0. The minimum Gasteiger partial charge on any atom is -0.383 e. The standard InChI is InChI=1S/C33H35F3N4/c1-5-8-30(25-9-11-28(34)12-10-25)31-18-29(39-22(31)4)17-26-16-27(19-38-32(26)37)24(7-3)15-23(6-2)20-40-14-13-33(35,36)21-40/h5-12,15-16,18-19,39H,1-2,13-14,17,20-21H2,3-4H3,(H2,37,38)/b23-15+,24-7+,30-8-. The number of hydrogen-bond acceptors (Lipinski definition) is 3. The summed E-state index contributed by atoms with van der Waals surface area (Å²) in [5.74, 6) is -2.49. The molecule has 0 aliphatic carbocycles. The van der Waals surface area contributed by atoms with E-state index in [9.17, 15) is 13.2 Å². The number of pyridine rings is 1. The van der Waals surface area contributed by atoms with Gasteiger partial charge < -0.3 is 10.7 Å². The van der Waals surface area contributed by atoms with Crippen LogP contribution in [-0.2, 0) is 6.42 Å². The molecule has 208 valence electrons. The molecule has 4 rings (SSSR count). The zero-order chi connectivity index (χ0) is 28.9. The van der Waals surface area contributed by atoms with Crippen molar-refractivity contribution in [2.24, 2.45) is 0 Å². The molecule has 0 saturated carbocycles. The third-order valence-corrected chi connectivity index (χ3v) is 7.09. The summed E-state index contributed by atoms with van der Waals surface area (Å²) in [6.07, 6.45) is 11.4. The topological polar surface area (TPSA) is 57.9 Å². The Bertz CT molecular complexity index is 1480. The Kier molecular flexibility index (Phi) is 8.95. The largest absolute Gasteiger partial charge is 0.383 e. The number of alkyl halides is 2. The highest BCUT2D eigenvalue weighted by molar-refractivity contribution is 5.82. The van der Waals surface area contributed by atoms with Gasteiger partial charge in [-0.05, 0) is 60.4 Å². The summed E-state index contributed by atoms with van der Waals surface area (Å²) in [7, 11) is 0. The number of aromatic nitrogens is 2. The highest BCUT2D eigenvalue weighted by atomic mass is 19.3. The Labute approximate surface area is 234 Å². The van der Waals surface area contributed by atoms with Gasteiger partial charge in [-0.25, -0.2) is 18.2 Å². The van der Waals surface area contributed by atoms with Crippen LogP contribution in [0.3, 0.4) is 0 Å². The summed E-state index contributed by atoms with van der Waals surface area (Å²) in [6.45, 7) is 12.2. The van der Waals surface area contributed by atoms with Crippen molar-refractivity contribution in [3.63, 3.8) is 0 Å². The summed E-state index contributed by atoms with van der Waals surface area (Å²) < 4.78 is 40.9. The number of hydrogen-bond donors (Lipinski definition) is 2. The molecule has 3 aromatic rings. The van der Waals surface area contributed by atoms with E-state index in [0.29, 0.717) is 25.3 Å². The zero-order valence-corrected chi connectivity index (χ0v) is 23.0. The summed E-state index contributed by atoms with van der Waals surface area (Å²) in [6, 6.07) is 10.5. The van der Waals surface area contributed by atoms with Crippen LogP contribution in [0, 0.1) is 12.7 Å². The predicted octanol–water partition coefficient (Wildman–Crippen LogP) is 7.50. The molecule has 40 heavy (non-hydrogen) atoms. The van der Waals surface area contributed by atoms with Crippen molar-refractivity contribution in [3.8, 4) is 0 Å². The van der Waals surface area contributed by atoms with Gasteiger partial charge in [0.05, 0.1) is 6.54 Å². The van der Waals surface area contributed by atoms with Gasteiger partial charge in [0.1, 0.15) is 11.6 Å². The van der Waals surface area contributed by atoms with E-state index in [0.717, 1.165) is 50.4 Å². The first-order chi connectivity index (χ1) is 19.1. The average molecular weight is 545 g/mol. The number of aryl methyl sites for hydroxylation is 1. The number of rotatable bonds is 10. The van der Waals surface area contributed by atoms with E-state index in [-0.39, 0.29) is 18.8 Å². The molecule has 1 aliphatic rings. The first-order valence-electron chi connectivity index (χ1n) is 13.2. The molecule has 3 heterocycles. The summed E-state index contributed by atoms with van der Waals surface area (Å²) >= 11 is 0. The van der Waals surface area contributed by atoms with E-state index in [1.165, 1.54) is 12.1 Å². The predicted molar refractivity (Wildman–Crippen MR) is 159 cm³/mol. The van der Waals surface area contributed by atoms with Crippen molar-refractivity contribution in [3.05, 3.63) is 131 Å². The number of allylic oxidation sites excluding steroid dienone is 5. The SMILES string of the molecule is C=C/C=C(/c1ccc(F)cc1)c1cc(Cc2cc(C(/C=C(\C=C)CN3CCC(F)(F)C3)=C/C)cnc2N)[nH]c1C. The van der Waals surface area contributed by atoms with Crippen LogP contribution in [0.25, 0.3) is 11.1 Å². The molecule has 4 nitrogen and oxygen atoms in total. The van der Waals surface area contributed by atoms with Crippen LogP contribution in [0.15, 0.2) is 91.7 Å². The number of nitrogens with two attached hydrogens (primary N) is 1.